The van der Waals surface area contributed by atoms with E-state index in [4.69, 9.17) is 9.84 Å². The van der Waals surface area contributed by atoms with Crippen molar-refractivity contribution in [3.05, 3.63) is 18.3 Å². The highest BCUT2D eigenvalue weighted by Gasteiger charge is 2.25. The van der Waals surface area contributed by atoms with Crippen LogP contribution in [0.4, 0.5) is 10.5 Å². The number of amides is 2. The van der Waals surface area contributed by atoms with Gasteiger partial charge in [-0.2, -0.15) is 0 Å². The summed E-state index contributed by atoms with van der Waals surface area (Å²) in [5, 5.41) is 14.1. The van der Waals surface area contributed by atoms with Crippen molar-refractivity contribution in [3.8, 4) is 5.88 Å². The van der Waals surface area contributed by atoms with E-state index in [1.807, 2.05) is 13.8 Å². The summed E-state index contributed by atoms with van der Waals surface area (Å²) in [5.74, 6) is -0.748. The number of ether oxygens (including phenoxy) is 1. The summed E-state index contributed by atoms with van der Waals surface area (Å²) in [6.45, 7) is 6.01. The Labute approximate surface area is 123 Å². The number of aliphatic carboxylic acids is 1. The quantitative estimate of drug-likeness (QED) is 0.715. The summed E-state index contributed by atoms with van der Waals surface area (Å²) < 4.78 is 5.19. The lowest BCUT2D eigenvalue weighted by Gasteiger charge is -2.20. The molecule has 0 aliphatic heterocycles. The van der Waals surface area contributed by atoms with Gasteiger partial charge in [0, 0.05) is 6.07 Å². The number of anilines is 1. The molecule has 1 aromatic rings. The van der Waals surface area contributed by atoms with Gasteiger partial charge in [0.05, 0.1) is 18.5 Å². The average Bonchev–Trinajstić information content (AvgIpc) is 2.46. The van der Waals surface area contributed by atoms with Gasteiger partial charge >= 0.3 is 12.0 Å². The number of hydrogen-bond donors (Lipinski definition) is 3. The number of carbonyl (C=O) groups excluding carboxylic acids is 1. The number of rotatable bonds is 7. The van der Waals surface area contributed by atoms with Crippen molar-refractivity contribution < 1.29 is 19.4 Å². The predicted octanol–water partition coefficient (Wildman–Crippen LogP) is 2.10. The van der Waals surface area contributed by atoms with Gasteiger partial charge in [0.25, 0.3) is 0 Å². The van der Waals surface area contributed by atoms with Crippen molar-refractivity contribution >= 4 is 17.7 Å². The lowest BCUT2D eigenvalue weighted by Crippen LogP contribution is -2.46. The van der Waals surface area contributed by atoms with Gasteiger partial charge in [0.2, 0.25) is 5.88 Å². The zero-order chi connectivity index (χ0) is 15.8. The van der Waals surface area contributed by atoms with Crippen LogP contribution in [0.5, 0.6) is 5.88 Å². The van der Waals surface area contributed by atoms with Crippen LogP contribution >= 0.6 is 0 Å². The van der Waals surface area contributed by atoms with E-state index in [0.29, 0.717) is 24.6 Å². The van der Waals surface area contributed by atoms with Crippen molar-refractivity contribution in [2.24, 2.45) is 5.92 Å². The fourth-order valence-corrected chi connectivity index (χ4v) is 1.68. The summed E-state index contributed by atoms with van der Waals surface area (Å²) in [5.41, 5.74) is 0.462. The van der Waals surface area contributed by atoms with Crippen molar-refractivity contribution in [3.63, 3.8) is 0 Å². The van der Waals surface area contributed by atoms with Gasteiger partial charge in [-0.15, -0.1) is 0 Å². The van der Waals surface area contributed by atoms with E-state index in [0.717, 1.165) is 0 Å². The minimum absolute atomic E-state index is 0.160. The van der Waals surface area contributed by atoms with E-state index in [1.54, 1.807) is 19.1 Å². The molecule has 0 aromatic carbocycles. The maximum absolute atomic E-state index is 11.8. The topological polar surface area (TPSA) is 101 Å². The minimum atomic E-state index is -1.05. The van der Waals surface area contributed by atoms with Crippen molar-refractivity contribution in [1.29, 1.82) is 0 Å². The Kier molecular flexibility index (Phi) is 6.45. The first kappa shape index (κ1) is 16.7. The number of nitrogens with zero attached hydrogens (tertiary/aromatic N) is 1. The van der Waals surface area contributed by atoms with Crippen LogP contribution in [0.3, 0.4) is 0 Å². The zero-order valence-electron chi connectivity index (χ0n) is 12.4. The zero-order valence-corrected chi connectivity index (χ0v) is 12.4. The van der Waals surface area contributed by atoms with E-state index < -0.39 is 18.0 Å². The largest absolute Gasteiger partial charge is 0.480 e. The van der Waals surface area contributed by atoms with Crippen LogP contribution in [0.25, 0.3) is 0 Å². The second-order valence-corrected chi connectivity index (χ2v) is 4.62. The molecule has 1 aromatic heterocycles. The van der Waals surface area contributed by atoms with E-state index in [2.05, 4.69) is 15.6 Å². The molecule has 1 rings (SSSR count). The second kappa shape index (κ2) is 8.08. The fraction of sp³-hybridized carbons (Fsp3) is 0.500. The van der Waals surface area contributed by atoms with Gasteiger partial charge in [-0.3, -0.25) is 0 Å². The molecular formula is C14H21N3O4. The van der Waals surface area contributed by atoms with Crippen LogP contribution in [0.1, 0.15) is 27.2 Å². The van der Waals surface area contributed by atoms with E-state index in [-0.39, 0.29) is 5.92 Å². The molecule has 0 saturated carbocycles. The Morgan fingerprint density at radius 1 is 1.38 bits per heavy atom. The molecule has 0 radical (unpaired) electrons. The first-order valence-corrected chi connectivity index (χ1v) is 6.87. The summed E-state index contributed by atoms with van der Waals surface area (Å²) in [6, 6.07) is 1.76. The molecule has 0 fully saturated rings. The molecule has 7 nitrogen and oxygen atoms in total. The van der Waals surface area contributed by atoms with Crippen LogP contribution in [0.2, 0.25) is 0 Å². The van der Waals surface area contributed by atoms with E-state index in [9.17, 15) is 9.59 Å². The lowest BCUT2D eigenvalue weighted by molar-refractivity contribution is -0.140. The summed E-state index contributed by atoms with van der Waals surface area (Å²) in [4.78, 5) is 27.0. The number of nitrogens with one attached hydrogen (secondary N) is 2. The number of carbonyl (C=O) groups is 2. The van der Waals surface area contributed by atoms with Crippen molar-refractivity contribution in [2.45, 2.75) is 33.2 Å². The van der Waals surface area contributed by atoms with Crippen LogP contribution < -0.4 is 15.4 Å². The molecule has 2 amide bonds. The fourth-order valence-electron chi connectivity index (χ4n) is 1.68. The van der Waals surface area contributed by atoms with Crippen LogP contribution in [-0.4, -0.2) is 34.7 Å². The molecule has 0 bridgehead atoms. The summed E-state index contributed by atoms with van der Waals surface area (Å²) in [7, 11) is 0. The van der Waals surface area contributed by atoms with Crippen LogP contribution in [0.15, 0.2) is 18.3 Å². The Morgan fingerprint density at radius 3 is 2.57 bits per heavy atom. The number of carboxylic acid groups (broad SMARTS) is 1. The molecule has 7 heteroatoms. The molecule has 2 atom stereocenters. The second-order valence-electron chi connectivity index (χ2n) is 4.62. The van der Waals surface area contributed by atoms with Gasteiger partial charge in [0.15, 0.2) is 0 Å². The number of carboxylic acids is 1. The number of aromatic nitrogens is 1. The molecule has 1 heterocycles. The van der Waals surface area contributed by atoms with E-state index >= 15 is 0 Å². The first-order chi connectivity index (χ1) is 9.97. The van der Waals surface area contributed by atoms with Crippen LogP contribution in [0, 0.1) is 5.92 Å². The van der Waals surface area contributed by atoms with Gasteiger partial charge in [-0.1, -0.05) is 20.3 Å². The Hall–Kier alpha value is -2.31. The minimum Gasteiger partial charge on any atom is -0.480 e. The highest BCUT2D eigenvalue weighted by Crippen LogP contribution is 2.12. The SMILES string of the molecule is CCOc1ccc(NC(=O)NC(C(=O)O)C(C)CC)cn1. The summed E-state index contributed by atoms with van der Waals surface area (Å²) in [6.07, 6.45) is 2.10. The number of pyridine rings is 1. The standard InChI is InChI=1S/C14H21N3O4/c1-4-9(3)12(13(18)19)17-14(20)16-10-6-7-11(15-8-10)21-5-2/h6-9,12H,4-5H2,1-3H3,(H,18,19)(H2,16,17,20). The molecule has 21 heavy (non-hydrogen) atoms. The molecule has 2 unspecified atom stereocenters. The van der Waals surface area contributed by atoms with Gasteiger partial charge in [0.1, 0.15) is 6.04 Å². The highest BCUT2D eigenvalue weighted by molar-refractivity contribution is 5.92. The lowest BCUT2D eigenvalue weighted by atomic mass is 9.99. The predicted molar refractivity (Wildman–Crippen MR) is 78.4 cm³/mol. The molecule has 0 aliphatic rings. The molecule has 116 valence electrons. The molecule has 0 aliphatic carbocycles. The third-order valence-corrected chi connectivity index (χ3v) is 3.05. The van der Waals surface area contributed by atoms with Crippen LogP contribution in [-0.2, 0) is 4.79 Å². The molecule has 0 spiro atoms. The molecule has 0 saturated heterocycles. The third-order valence-electron chi connectivity index (χ3n) is 3.05. The Bertz CT molecular complexity index is 476. The highest BCUT2D eigenvalue weighted by atomic mass is 16.5. The molecule has 3 N–H and O–H groups in total. The summed E-state index contributed by atoms with van der Waals surface area (Å²) >= 11 is 0. The van der Waals surface area contributed by atoms with E-state index in [1.165, 1.54) is 6.20 Å². The first-order valence-electron chi connectivity index (χ1n) is 6.87. The smallest absolute Gasteiger partial charge is 0.326 e. The maximum Gasteiger partial charge on any atom is 0.326 e. The van der Waals surface area contributed by atoms with Gasteiger partial charge < -0.3 is 20.5 Å². The van der Waals surface area contributed by atoms with Gasteiger partial charge in [-0.05, 0) is 18.9 Å². The number of hydrogen-bond acceptors (Lipinski definition) is 4. The average molecular weight is 295 g/mol. The Balaban J connectivity index is 2.61. The normalized spacial score (nSPS) is 13.1. The number of urea groups is 1. The Morgan fingerprint density at radius 2 is 2.10 bits per heavy atom. The van der Waals surface area contributed by atoms with Gasteiger partial charge in [-0.25, -0.2) is 14.6 Å². The van der Waals surface area contributed by atoms with Crippen molar-refractivity contribution in [2.75, 3.05) is 11.9 Å². The maximum atomic E-state index is 11.8. The third kappa shape index (κ3) is 5.29. The van der Waals surface area contributed by atoms with Crippen molar-refractivity contribution in [1.82, 2.24) is 10.3 Å². The molecular weight excluding hydrogens is 274 g/mol. The monoisotopic (exact) mass is 295 g/mol.